The summed E-state index contributed by atoms with van der Waals surface area (Å²) in [5.41, 5.74) is 1.47. The van der Waals surface area contributed by atoms with E-state index in [1.165, 1.54) is 0 Å². The molecule has 0 aromatic heterocycles. The van der Waals surface area contributed by atoms with Crippen LogP contribution in [0.3, 0.4) is 0 Å². The summed E-state index contributed by atoms with van der Waals surface area (Å²) >= 11 is 6.91. The molecule has 0 radical (unpaired) electrons. The highest BCUT2D eigenvalue weighted by molar-refractivity contribution is 6.53. The number of ether oxygens (including phenoxy) is 1. The van der Waals surface area contributed by atoms with Gasteiger partial charge in [0.15, 0.2) is 5.60 Å². The molecule has 9 nitrogen and oxygen atoms in total. The Bertz CT molecular complexity index is 1370. The summed E-state index contributed by atoms with van der Waals surface area (Å²) in [6.45, 7) is 9.68. The number of benzene rings is 3. The molecule has 0 saturated carbocycles. The number of hydrogen-bond acceptors (Lipinski definition) is 6. The normalized spacial score (nSPS) is 12.4. The van der Waals surface area contributed by atoms with Gasteiger partial charge in [-0.3, -0.25) is 9.59 Å². The van der Waals surface area contributed by atoms with Crippen molar-refractivity contribution in [1.82, 2.24) is 4.90 Å². The maximum Gasteiger partial charge on any atom is 0.336 e. The zero-order chi connectivity index (χ0) is 33.4. The van der Waals surface area contributed by atoms with Crippen molar-refractivity contribution in [2.75, 3.05) is 19.7 Å². The maximum absolute atomic E-state index is 10.3. The first-order valence-corrected chi connectivity index (χ1v) is 15.2. The lowest BCUT2D eigenvalue weighted by Gasteiger charge is -2.26. The van der Waals surface area contributed by atoms with Crippen molar-refractivity contribution in [2.24, 2.45) is 0 Å². The second-order valence-electron chi connectivity index (χ2n) is 10.5. The molecule has 0 heterocycles. The van der Waals surface area contributed by atoms with Crippen LogP contribution in [0, 0.1) is 0 Å². The summed E-state index contributed by atoms with van der Waals surface area (Å²) in [4.78, 5) is 33.0. The molecule has 0 fully saturated rings. The molecule has 0 aliphatic heterocycles. The van der Waals surface area contributed by atoms with Crippen LogP contribution in [-0.4, -0.2) is 74.6 Å². The van der Waals surface area contributed by atoms with Crippen LogP contribution >= 0.6 is 11.6 Å². The molecule has 4 N–H and O–H groups in total. The van der Waals surface area contributed by atoms with Crippen molar-refractivity contribution in [3.63, 3.8) is 0 Å². The Labute approximate surface area is 269 Å². The number of carbonyl (C=O) groups is 3. The summed E-state index contributed by atoms with van der Waals surface area (Å²) in [6, 6.07) is 29.3. The largest absolute Gasteiger partial charge is 0.494 e. The third-order valence-corrected chi connectivity index (χ3v) is 7.62. The summed E-state index contributed by atoms with van der Waals surface area (Å²) < 4.78 is 6.02. The highest BCUT2D eigenvalue weighted by Gasteiger charge is 2.40. The van der Waals surface area contributed by atoms with Crippen molar-refractivity contribution in [2.45, 2.75) is 58.1 Å². The molecule has 242 valence electrons. The number of carboxylic acids is 3. The Morgan fingerprint density at radius 2 is 1.24 bits per heavy atom. The zero-order valence-electron chi connectivity index (χ0n) is 25.9. The van der Waals surface area contributed by atoms with Gasteiger partial charge in [-0.2, -0.15) is 0 Å². The third kappa shape index (κ3) is 12.0. The van der Waals surface area contributed by atoms with Crippen molar-refractivity contribution in [1.29, 1.82) is 0 Å². The average Bonchev–Trinajstić information content (AvgIpc) is 3.01. The van der Waals surface area contributed by atoms with Gasteiger partial charge in [0.2, 0.25) is 0 Å². The first-order valence-electron chi connectivity index (χ1n) is 14.8. The minimum atomic E-state index is -2.74. The highest BCUT2D eigenvalue weighted by atomic mass is 35.5. The van der Waals surface area contributed by atoms with Gasteiger partial charge in [0, 0.05) is 11.6 Å². The smallest absolute Gasteiger partial charge is 0.336 e. The van der Waals surface area contributed by atoms with Gasteiger partial charge in [0.25, 0.3) is 0 Å². The Morgan fingerprint density at radius 1 is 0.778 bits per heavy atom. The van der Waals surface area contributed by atoms with Crippen LogP contribution in [0.15, 0.2) is 84.9 Å². The number of aliphatic carboxylic acids is 3. The molecule has 3 rings (SSSR count). The van der Waals surface area contributed by atoms with E-state index in [-0.39, 0.29) is 0 Å². The predicted molar refractivity (Wildman–Crippen MR) is 175 cm³/mol. The monoisotopic (exact) mass is 639 g/mol. The molecule has 3 aromatic carbocycles. The fourth-order valence-electron chi connectivity index (χ4n) is 4.78. The molecule has 3 aromatic rings. The number of rotatable bonds is 16. The molecule has 0 aliphatic carbocycles. The van der Waals surface area contributed by atoms with Crippen LogP contribution in [0.25, 0.3) is 10.6 Å². The third-order valence-electron chi connectivity index (χ3n) is 7.21. The lowest BCUT2D eigenvalue weighted by Crippen LogP contribution is -2.42. The van der Waals surface area contributed by atoms with Gasteiger partial charge < -0.3 is 30.1 Å². The first-order chi connectivity index (χ1) is 21.4. The zero-order valence-corrected chi connectivity index (χ0v) is 26.6. The molecular formula is C35H42ClNO8. The second-order valence-corrected chi connectivity index (χ2v) is 10.9. The minimum absolute atomic E-state index is 0.592. The molecule has 0 saturated heterocycles. The fourth-order valence-corrected chi connectivity index (χ4v) is 5.13. The molecule has 1 unspecified atom stereocenters. The number of halogens is 1. The van der Waals surface area contributed by atoms with E-state index in [9.17, 15) is 14.4 Å². The summed E-state index contributed by atoms with van der Waals surface area (Å²) in [5.74, 6) is -4.12. The molecule has 0 aliphatic rings. The van der Waals surface area contributed by atoms with Crippen molar-refractivity contribution in [3.05, 3.63) is 102 Å². The van der Waals surface area contributed by atoms with Crippen LogP contribution in [0.2, 0.25) is 0 Å². The van der Waals surface area contributed by atoms with Gasteiger partial charge in [-0.05, 0) is 61.7 Å². The van der Waals surface area contributed by atoms with E-state index in [0.29, 0.717) is 6.04 Å². The number of hydrogen-bond donors (Lipinski definition) is 4. The number of nitrogens with zero attached hydrogens (tertiary/aromatic N) is 1. The summed E-state index contributed by atoms with van der Waals surface area (Å²) in [6.07, 6.45) is -0.0922. The van der Waals surface area contributed by atoms with Crippen LogP contribution in [0.1, 0.15) is 63.1 Å². The van der Waals surface area contributed by atoms with E-state index >= 15 is 0 Å². The quantitative estimate of drug-likeness (QED) is 0.102. The standard InChI is InChI=1S/C29H34ClNO.C6H8O7/c1-4-31(5-2)23(3)13-12-22-32-27-20-18-25(19-21-27)28(24-14-8-6-9-15-24)29(30)26-16-10-7-11-17-26;7-3(8)1-6(13,5(11)12)2-4(9)10/h6-11,14-21,23H,4-5,12-13,22H2,1-3H3;13H,1-2H2,(H,7,8)(H,9,10)(H,11,12)/b29-28+;. The summed E-state index contributed by atoms with van der Waals surface area (Å²) in [5, 5.41) is 34.6. The molecule has 1 atom stereocenters. The topological polar surface area (TPSA) is 145 Å². The maximum atomic E-state index is 10.3. The highest BCUT2D eigenvalue weighted by Crippen LogP contribution is 2.35. The molecule has 0 spiro atoms. The molecule has 0 bridgehead atoms. The van der Waals surface area contributed by atoms with Crippen molar-refractivity contribution >= 4 is 40.1 Å². The van der Waals surface area contributed by atoms with E-state index < -0.39 is 36.4 Å². The lowest BCUT2D eigenvalue weighted by atomic mass is 9.95. The Hall–Kier alpha value is -4.18. The Kier molecular flexibility index (Phi) is 15.3. The van der Waals surface area contributed by atoms with Gasteiger partial charge in [-0.1, -0.05) is 98.2 Å². The van der Waals surface area contributed by atoms with Gasteiger partial charge in [-0.25, -0.2) is 4.79 Å². The number of aliphatic hydroxyl groups is 1. The van der Waals surface area contributed by atoms with E-state index in [1.54, 1.807) is 0 Å². The van der Waals surface area contributed by atoms with Gasteiger partial charge in [0.1, 0.15) is 5.75 Å². The molecule has 10 heteroatoms. The van der Waals surface area contributed by atoms with E-state index in [2.05, 4.69) is 49.9 Å². The molecule has 0 amide bonds. The van der Waals surface area contributed by atoms with Crippen LogP contribution < -0.4 is 4.74 Å². The fraction of sp³-hybridized carbons (Fsp3) is 0.343. The Morgan fingerprint density at radius 3 is 1.69 bits per heavy atom. The average molecular weight is 640 g/mol. The Balaban J connectivity index is 0.000000459. The van der Waals surface area contributed by atoms with E-state index in [1.807, 2.05) is 60.7 Å². The summed E-state index contributed by atoms with van der Waals surface area (Å²) in [7, 11) is 0. The van der Waals surface area contributed by atoms with Gasteiger partial charge in [-0.15, -0.1) is 0 Å². The minimum Gasteiger partial charge on any atom is -0.494 e. The SMILES string of the molecule is CCN(CC)C(C)CCCOc1ccc(/C(=C(/Cl)c2ccccc2)c2ccccc2)cc1.O=C(O)CC(O)(CC(=O)O)C(=O)O. The van der Waals surface area contributed by atoms with Crippen LogP contribution in [0.4, 0.5) is 0 Å². The van der Waals surface area contributed by atoms with Crippen LogP contribution in [-0.2, 0) is 14.4 Å². The first kappa shape index (κ1) is 37.0. The van der Waals surface area contributed by atoms with Crippen molar-refractivity contribution in [3.8, 4) is 5.75 Å². The molecular weight excluding hydrogens is 598 g/mol. The lowest BCUT2D eigenvalue weighted by molar-refractivity contribution is -0.170. The van der Waals surface area contributed by atoms with Crippen LogP contribution in [0.5, 0.6) is 5.75 Å². The van der Waals surface area contributed by atoms with E-state index in [4.69, 9.17) is 36.8 Å². The van der Waals surface area contributed by atoms with Gasteiger partial charge >= 0.3 is 17.9 Å². The van der Waals surface area contributed by atoms with Gasteiger partial charge in [0.05, 0.1) is 24.5 Å². The van der Waals surface area contributed by atoms with Crippen molar-refractivity contribution < 1.29 is 39.5 Å². The number of carboxylic acid groups (broad SMARTS) is 3. The predicted octanol–water partition coefficient (Wildman–Crippen LogP) is 6.48. The molecule has 45 heavy (non-hydrogen) atoms. The second kappa shape index (κ2) is 18.6. The van der Waals surface area contributed by atoms with E-state index in [0.717, 1.165) is 65.6 Å².